The summed E-state index contributed by atoms with van der Waals surface area (Å²) in [5.41, 5.74) is 0.980. The largest absolute Gasteiger partial charge is 0.488 e. The van der Waals surface area contributed by atoms with E-state index in [9.17, 15) is 4.39 Å². The van der Waals surface area contributed by atoms with Crippen molar-refractivity contribution in [2.75, 3.05) is 0 Å². The lowest BCUT2D eigenvalue weighted by molar-refractivity contribution is 0.425. The van der Waals surface area contributed by atoms with E-state index in [0.717, 1.165) is 12.8 Å². The first-order chi connectivity index (χ1) is 6.18. The van der Waals surface area contributed by atoms with Gasteiger partial charge in [-0.05, 0) is 35.9 Å². The maximum absolute atomic E-state index is 13.2. The quantitative estimate of drug-likeness (QED) is 0.646. The number of benzene rings is 1. The molecular weight excluding hydrogens is 170 g/mol. The van der Waals surface area contributed by atoms with Gasteiger partial charge in [-0.2, -0.15) is 0 Å². The van der Waals surface area contributed by atoms with Crippen LogP contribution in [0.3, 0.4) is 0 Å². The van der Waals surface area contributed by atoms with Crippen molar-refractivity contribution in [3.05, 3.63) is 29.6 Å². The molecule has 0 spiro atoms. The molecule has 0 amide bonds. The van der Waals surface area contributed by atoms with Gasteiger partial charge in [0.25, 0.3) is 0 Å². The van der Waals surface area contributed by atoms with E-state index in [1.54, 1.807) is 0 Å². The molecule has 2 nitrogen and oxygen atoms in total. The molecule has 1 aliphatic rings. The number of rotatable bonds is 2. The number of hydrogen-bond acceptors (Lipinski definition) is 2. The molecule has 0 unspecified atom stereocenters. The van der Waals surface area contributed by atoms with Gasteiger partial charge in [0.1, 0.15) is 5.82 Å². The van der Waals surface area contributed by atoms with Crippen molar-refractivity contribution in [1.29, 1.82) is 0 Å². The molecule has 2 N–H and O–H groups in total. The predicted molar refractivity (Wildman–Crippen MR) is 48.2 cm³/mol. The van der Waals surface area contributed by atoms with Gasteiger partial charge in [-0.1, -0.05) is 12.1 Å². The fourth-order valence-electron chi connectivity index (χ4n) is 1.43. The number of hydrogen-bond donors (Lipinski definition) is 2. The summed E-state index contributed by atoms with van der Waals surface area (Å²) >= 11 is 0. The smallest absolute Gasteiger partial charge is 0.423 e. The second-order valence-corrected chi connectivity index (χ2v) is 3.43. The van der Waals surface area contributed by atoms with Crippen LogP contribution in [0.4, 0.5) is 4.39 Å². The summed E-state index contributed by atoms with van der Waals surface area (Å²) in [6.07, 6.45) is 2.00. The Labute approximate surface area is 76.2 Å². The van der Waals surface area contributed by atoms with Crippen molar-refractivity contribution in [3.8, 4) is 0 Å². The highest BCUT2D eigenvalue weighted by Gasteiger charge is 2.27. The predicted octanol–water partition coefficient (Wildman–Crippen LogP) is 0.383. The summed E-state index contributed by atoms with van der Waals surface area (Å²) in [6.45, 7) is 0. The van der Waals surface area contributed by atoms with Crippen LogP contribution in [0.2, 0.25) is 0 Å². The van der Waals surface area contributed by atoms with Crippen LogP contribution in [0, 0.1) is 5.82 Å². The molecule has 0 atom stereocenters. The van der Waals surface area contributed by atoms with Gasteiger partial charge in [-0.3, -0.25) is 0 Å². The highest BCUT2D eigenvalue weighted by molar-refractivity contribution is 6.58. The lowest BCUT2D eigenvalue weighted by atomic mass is 9.79. The third kappa shape index (κ3) is 1.74. The summed E-state index contributed by atoms with van der Waals surface area (Å²) in [6, 6.07) is 4.23. The number of halogens is 1. The van der Waals surface area contributed by atoms with Crippen molar-refractivity contribution in [2.24, 2.45) is 0 Å². The van der Waals surface area contributed by atoms with Gasteiger partial charge in [0.05, 0.1) is 0 Å². The summed E-state index contributed by atoms with van der Waals surface area (Å²) in [4.78, 5) is 0. The third-order valence-electron chi connectivity index (χ3n) is 2.34. The second-order valence-electron chi connectivity index (χ2n) is 3.43. The molecule has 1 aromatic rings. The summed E-state index contributed by atoms with van der Waals surface area (Å²) in [5, 5.41) is 17.7. The zero-order valence-corrected chi connectivity index (χ0v) is 7.07. The van der Waals surface area contributed by atoms with Gasteiger partial charge in [-0.15, -0.1) is 0 Å². The summed E-state index contributed by atoms with van der Waals surface area (Å²) in [5.74, 6) is 0.0469. The Morgan fingerprint density at radius 3 is 2.54 bits per heavy atom. The molecule has 0 aliphatic heterocycles. The van der Waals surface area contributed by atoms with Crippen molar-refractivity contribution in [3.63, 3.8) is 0 Å². The second kappa shape index (κ2) is 3.12. The maximum atomic E-state index is 13.2. The van der Waals surface area contributed by atoms with E-state index in [1.807, 2.05) is 0 Å². The lowest BCUT2D eigenvalue weighted by Crippen LogP contribution is -2.30. The minimum absolute atomic E-state index is 0.244. The first kappa shape index (κ1) is 8.72. The van der Waals surface area contributed by atoms with Crippen LogP contribution < -0.4 is 5.46 Å². The molecule has 68 valence electrons. The molecule has 1 aromatic carbocycles. The van der Waals surface area contributed by atoms with Gasteiger partial charge in [-0.25, -0.2) is 4.39 Å². The molecule has 0 aromatic heterocycles. The Morgan fingerprint density at radius 2 is 2.00 bits per heavy atom. The SMILES string of the molecule is OB(O)c1ccc(F)c(C2CC2)c1. The van der Waals surface area contributed by atoms with E-state index in [-0.39, 0.29) is 5.82 Å². The van der Waals surface area contributed by atoms with Gasteiger partial charge in [0.2, 0.25) is 0 Å². The summed E-state index contributed by atoms with van der Waals surface area (Å²) in [7, 11) is -1.50. The molecule has 0 radical (unpaired) electrons. The Bertz CT molecular complexity index is 323. The molecule has 1 saturated carbocycles. The van der Waals surface area contributed by atoms with Gasteiger partial charge < -0.3 is 10.0 Å². The van der Waals surface area contributed by atoms with E-state index in [2.05, 4.69) is 0 Å². The zero-order valence-electron chi connectivity index (χ0n) is 7.07. The summed E-state index contributed by atoms with van der Waals surface area (Å²) < 4.78 is 13.2. The van der Waals surface area contributed by atoms with E-state index >= 15 is 0 Å². The van der Waals surface area contributed by atoms with E-state index in [4.69, 9.17) is 10.0 Å². The molecular formula is C9H10BFO2. The standard InChI is InChI=1S/C9H10BFO2/c11-9-4-3-7(10(12)13)5-8(9)6-1-2-6/h3-6,12-13H,1-2H2. The van der Waals surface area contributed by atoms with Crippen LogP contribution in [-0.2, 0) is 0 Å². The molecule has 0 heterocycles. The monoisotopic (exact) mass is 180 g/mol. The molecule has 0 bridgehead atoms. The Kier molecular flexibility index (Phi) is 2.10. The Morgan fingerprint density at radius 1 is 1.31 bits per heavy atom. The molecule has 2 rings (SSSR count). The highest BCUT2D eigenvalue weighted by atomic mass is 19.1. The average Bonchev–Trinajstić information content (AvgIpc) is 2.87. The highest BCUT2D eigenvalue weighted by Crippen LogP contribution is 2.40. The van der Waals surface area contributed by atoms with E-state index < -0.39 is 7.12 Å². The first-order valence-corrected chi connectivity index (χ1v) is 4.34. The fraction of sp³-hybridized carbons (Fsp3) is 0.333. The Hall–Kier alpha value is -0.865. The molecule has 13 heavy (non-hydrogen) atoms. The van der Waals surface area contributed by atoms with Crippen molar-refractivity contribution in [2.45, 2.75) is 18.8 Å². The molecule has 1 aliphatic carbocycles. The first-order valence-electron chi connectivity index (χ1n) is 4.34. The van der Waals surface area contributed by atoms with Gasteiger partial charge in [0, 0.05) is 0 Å². The van der Waals surface area contributed by atoms with Crippen LogP contribution in [-0.4, -0.2) is 17.2 Å². The maximum Gasteiger partial charge on any atom is 0.488 e. The van der Waals surface area contributed by atoms with E-state index in [1.165, 1.54) is 18.2 Å². The minimum Gasteiger partial charge on any atom is -0.423 e. The van der Waals surface area contributed by atoms with Crippen molar-refractivity contribution < 1.29 is 14.4 Å². The molecule has 1 fully saturated rings. The van der Waals surface area contributed by atoms with Crippen LogP contribution in [0.1, 0.15) is 24.3 Å². The van der Waals surface area contributed by atoms with Crippen LogP contribution in [0.5, 0.6) is 0 Å². The fourth-order valence-corrected chi connectivity index (χ4v) is 1.43. The Balaban J connectivity index is 2.36. The zero-order chi connectivity index (χ0) is 9.42. The van der Waals surface area contributed by atoms with Crippen LogP contribution >= 0.6 is 0 Å². The normalized spacial score (nSPS) is 15.9. The molecule has 0 saturated heterocycles. The van der Waals surface area contributed by atoms with Crippen molar-refractivity contribution in [1.82, 2.24) is 0 Å². The van der Waals surface area contributed by atoms with Crippen molar-refractivity contribution >= 4 is 12.6 Å². The van der Waals surface area contributed by atoms with Crippen LogP contribution in [0.25, 0.3) is 0 Å². The third-order valence-corrected chi connectivity index (χ3v) is 2.34. The van der Waals surface area contributed by atoms with Crippen LogP contribution in [0.15, 0.2) is 18.2 Å². The van der Waals surface area contributed by atoms with E-state index in [0.29, 0.717) is 16.9 Å². The topological polar surface area (TPSA) is 40.5 Å². The van der Waals surface area contributed by atoms with Gasteiger partial charge >= 0.3 is 7.12 Å². The molecule has 4 heteroatoms. The van der Waals surface area contributed by atoms with Gasteiger partial charge in [0.15, 0.2) is 0 Å². The minimum atomic E-state index is -1.50. The lowest BCUT2D eigenvalue weighted by Gasteiger charge is -2.04. The average molecular weight is 180 g/mol.